The lowest BCUT2D eigenvalue weighted by molar-refractivity contribution is -0.153. The average Bonchev–Trinajstić information content (AvgIpc) is 2.57. The van der Waals surface area contributed by atoms with Crippen LogP contribution in [0, 0.1) is 5.41 Å². The van der Waals surface area contributed by atoms with Crippen molar-refractivity contribution in [2.45, 2.75) is 51.1 Å². The number of benzene rings is 1. The predicted molar refractivity (Wildman–Crippen MR) is 90.0 cm³/mol. The summed E-state index contributed by atoms with van der Waals surface area (Å²) >= 11 is 5.89. The van der Waals surface area contributed by atoms with Gasteiger partial charge in [-0.25, -0.2) is 0 Å². The van der Waals surface area contributed by atoms with E-state index in [0.717, 1.165) is 31.2 Å². The van der Waals surface area contributed by atoms with Gasteiger partial charge in [-0.05, 0) is 37.0 Å². The summed E-state index contributed by atoms with van der Waals surface area (Å²) in [5.74, 6) is 0.259. The number of likely N-dealkylation sites (tertiary alicyclic amines) is 1. The van der Waals surface area contributed by atoms with E-state index in [0.29, 0.717) is 24.4 Å². The topological polar surface area (TPSA) is 49.4 Å². The molecule has 1 saturated heterocycles. The third-order valence-electron chi connectivity index (χ3n) is 5.45. The van der Waals surface area contributed by atoms with Crippen LogP contribution in [-0.2, 0) is 16.1 Å². The fourth-order valence-electron chi connectivity index (χ4n) is 4.10. The molecule has 0 radical (unpaired) electrons. The minimum atomic E-state index is -0.409. The van der Waals surface area contributed by atoms with Crippen LogP contribution in [-0.4, -0.2) is 29.8 Å². The Hall–Kier alpha value is -1.55. The lowest BCUT2D eigenvalue weighted by Crippen LogP contribution is -2.60. The van der Waals surface area contributed by atoms with Gasteiger partial charge in [-0.3, -0.25) is 9.59 Å². The number of piperidine rings is 1. The molecule has 1 heterocycles. The summed E-state index contributed by atoms with van der Waals surface area (Å²) in [5.41, 5.74) is 0.625. The first-order chi connectivity index (χ1) is 11.0. The largest absolute Gasteiger partial charge is 0.351 e. The number of hydrogen-bond acceptors (Lipinski definition) is 2. The molecule has 5 heteroatoms. The second-order valence-electron chi connectivity index (χ2n) is 6.73. The number of rotatable bonds is 3. The van der Waals surface area contributed by atoms with Gasteiger partial charge < -0.3 is 10.2 Å². The summed E-state index contributed by atoms with van der Waals surface area (Å²) in [6.45, 7) is 0.502. The number of carbonyl (C=O) groups is 2. The van der Waals surface area contributed by atoms with Crippen molar-refractivity contribution in [2.24, 2.45) is 5.41 Å². The fraction of sp³-hybridized carbons (Fsp3) is 0.556. The van der Waals surface area contributed by atoms with E-state index in [2.05, 4.69) is 5.32 Å². The first kappa shape index (κ1) is 16.3. The summed E-state index contributed by atoms with van der Waals surface area (Å²) in [5, 5.41) is 3.79. The average molecular weight is 335 g/mol. The SMILES string of the molecule is CN1C(=O)CC[C@]2(C(=O)NCc3ccc(Cl)cc3)CCCC[C@@H]12. The predicted octanol–water partition coefficient (Wildman–Crippen LogP) is 3.14. The lowest BCUT2D eigenvalue weighted by Gasteiger charge is -2.50. The molecule has 0 aromatic heterocycles. The molecule has 124 valence electrons. The molecule has 1 aromatic rings. The first-order valence-electron chi connectivity index (χ1n) is 8.31. The minimum absolute atomic E-state index is 0.0442. The third-order valence-corrected chi connectivity index (χ3v) is 5.70. The van der Waals surface area contributed by atoms with Gasteiger partial charge >= 0.3 is 0 Å². The van der Waals surface area contributed by atoms with E-state index in [4.69, 9.17) is 11.6 Å². The van der Waals surface area contributed by atoms with Crippen molar-refractivity contribution in [3.63, 3.8) is 0 Å². The van der Waals surface area contributed by atoms with E-state index in [1.165, 1.54) is 0 Å². The quantitative estimate of drug-likeness (QED) is 0.923. The maximum absolute atomic E-state index is 13.0. The number of carbonyl (C=O) groups excluding carboxylic acids is 2. The lowest BCUT2D eigenvalue weighted by atomic mass is 9.64. The minimum Gasteiger partial charge on any atom is -0.351 e. The molecule has 2 atom stereocenters. The number of halogens is 1. The van der Waals surface area contributed by atoms with Gasteiger partial charge in [0.25, 0.3) is 0 Å². The van der Waals surface area contributed by atoms with Crippen LogP contribution in [0.25, 0.3) is 0 Å². The Morgan fingerprint density at radius 2 is 2.04 bits per heavy atom. The number of fused-ring (bicyclic) bond motifs is 1. The first-order valence-corrected chi connectivity index (χ1v) is 8.69. The molecule has 23 heavy (non-hydrogen) atoms. The van der Waals surface area contributed by atoms with Crippen LogP contribution in [0.1, 0.15) is 44.1 Å². The standard InChI is InChI=1S/C18H23ClN2O2/c1-21-15-4-2-3-10-18(15,11-9-16(21)22)17(23)20-12-13-5-7-14(19)8-6-13/h5-8,15H,2-4,9-12H2,1H3,(H,20,23)/t15-,18-/m1/s1. The van der Waals surface area contributed by atoms with Crippen molar-refractivity contribution in [1.29, 1.82) is 0 Å². The Labute approximate surface area is 142 Å². The summed E-state index contributed by atoms with van der Waals surface area (Å²) < 4.78 is 0. The third kappa shape index (κ3) is 3.09. The Kier molecular flexibility index (Phi) is 4.62. The molecule has 0 spiro atoms. The summed E-state index contributed by atoms with van der Waals surface area (Å²) in [7, 11) is 1.85. The summed E-state index contributed by atoms with van der Waals surface area (Å²) in [6, 6.07) is 7.56. The molecule has 1 N–H and O–H groups in total. The van der Waals surface area contributed by atoms with Crippen LogP contribution in [0.3, 0.4) is 0 Å². The zero-order valence-corrected chi connectivity index (χ0v) is 14.2. The van der Waals surface area contributed by atoms with E-state index in [-0.39, 0.29) is 17.9 Å². The highest BCUT2D eigenvalue weighted by molar-refractivity contribution is 6.30. The second-order valence-corrected chi connectivity index (χ2v) is 7.17. The van der Waals surface area contributed by atoms with Crippen LogP contribution < -0.4 is 5.32 Å². The molecule has 1 aromatic carbocycles. The molecule has 0 unspecified atom stereocenters. The van der Waals surface area contributed by atoms with Gasteiger partial charge in [-0.2, -0.15) is 0 Å². The summed E-state index contributed by atoms with van der Waals surface area (Å²) in [4.78, 5) is 26.8. The van der Waals surface area contributed by atoms with Crippen LogP contribution in [0.4, 0.5) is 0 Å². The van der Waals surface area contributed by atoms with E-state index < -0.39 is 5.41 Å². The molecule has 2 amide bonds. The Morgan fingerprint density at radius 1 is 1.30 bits per heavy atom. The highest BCUT2D eigenvalue weighted by Gasteiger charge is 2.52. The van der Waals surface area contributed by atoms with Crippen molar-refractivity contribution in [2.75, 3.05) is 7.05 Å². The highest BCUT2D eigenvalue weighted by Crippen LogP contribution is 2.46. The van der Waals surface area contributed by atoms with Crippen LogP contribution in [0.2, 0.25) is 5.02 Å². The van der Waals surface area contributed by atoms with Gasteiger partial charge in [0.1, 0.15) is 0 Å². The van der Waals surface area contributed by atoms with Crippen LogP contribution >= 0.6 is 11.6 Å². The smallest absolute Gasteiger partial charge is 0.228 e. The van der Waals surface area contributed by atoms with E-state index in [1.54, 1.807) is 0 Å². The zero-order chi connectivity index (χ0) is 16.4. The zero-order valence-electron chi connectivity index (χ0n) is 13.5. The van der Waals surface area contributed by atoms with E-state index in [1.807, 2.05) is 36.2 Å². The van der Waals surface area contributed by atoms with E-state index in [9.17, 15) is 9.59 Å². The van der Waals surface area contributed by atoms with Gasteiger partial charge in [-0.15, -0.1) is 0 Å². The number of amides is 2. The maximum Gasteiger partial charge on any atom is 0.228 e. The Balaban J connectivity index is 1.73. The number of hydrogen-bond donors (Lipinski definition) is 1. The molecule has 3 rings (SSSR count). The fourth-order valence-corrected chi connectivity index (χ4v) is 4.22. The summed E-state index contributed by atoms with van der Waals surface area (Å²) in [6.07, 6.45) is 5.11. The van der Waals surface area contributed by atoms with Gasteiger partial charge in [0.15, 0.2) is 0 Å². The van der Waals surface area contributed by atoms with Gasteiger partial charge in [0.05, 0.1) is 5.41 Å². The molecule has 1 saturated carbocycles. The Morgan fingerprint density at radius 3 is 2.78 bits per heavy atom. The van der Waals surface area contributed by atoms with Crippen molar-refractivity contribution in [3.8, 4) is 0 Å². The number of nitrogens with zero attached hydrogens (tertiary/aromatic N) is 1. The molecule has 1 aliphatic heterocycles. The van der Waals surface area contributed by atoms with Crippen molar-refractivity contribution in [3.05, 3.63) is 34.9 Å². The highest BCUT2D eigenvalue weighted by atomic mass is 35.5. The number of nitrogens with one attached hydrogen (secondary N) is 1. The van der Waals surface area contributed by atoms with Gasteiger partial charge in [0.2, 0.25) is 11.8 Å². The van der Waals surface area contributed by atoms with Crippen molar-refractivity contribution < 1.29 is 9.59 Å². The Bertz CT molecular complexity index is 602. The molecular weight excluding hydrogens is 312 g/mol. The molecule has 4 nitrogen and oxygen atoms in total. The van der Waals surface area contributed by atoms with Crippen LogP contribution in [0.5, 0.6) is 0 Å². The van der Waals surface area contributed by atoms with Gasteiger partial charge in [0, 0.05) is 31.1 Å². The van der Waals surface area contributed by atoms with Gasteiger partial charge in [-0.1, -0.05) is 36.6 Å². The van der Waals surface area contributed by atoms with Crippen LogP contribution in [0.15, 0.2) is 24.3 Å². The maximum atomic E-state index is 13.0. The molecule has 2 aliphatic rings. The molecular formula is C18H23ClN2O2. The van der Waals surface area contributed by atoms with E-state index >= 15 is 0 Å². The molecule has 2 fully saturated rings. The second kappa shape index (κ2) is 6.52. The van der Waals surface area contributed by atoms with Crippen molar-refractivity contribution >= 4 is 23.4 Å². The normalized spacial score (nSPS) is 27.5. The molecule has 1 aliphatic carbocycles. The monoisotopic (exact) mass is 334 g/mol. The van der Waals surface area contributed by atoms with Crippen molar-refractivity contribution in [1.82, 2.24) is 10.2 Å². The molecule has 0 bridgehead atoms.